The van der Waals surface area contributed by atoms with Gasteiger partial charge in [0.2, 0.25) is 5.91 Å². The van der Waals surface area contributed by atoms with E-state index in [9.17, 15) is 9.90 Å². The third-order valence-corrected chi connectivity index (χ3v) is 2.61. The fourth-order valence-electron chi connectivity index (χ4n) is 1.64. The molecule has 0 spiro atoms. The number of amides is 1. The Morgan fingerprint density at radius 3 is 2.61 bits per heavy atom. The summed E-state index contributed by atoms with van der Waals surface area (Å²) in [5, 5.41) is 9.80. The molecule has 1 amide bonds. The number of ether oxygens (including phenoxy) is 1. The molecule has 4 heteroatoms. The third kappa shape index (κ3) is 4.28. The predicted octanol–water partition coefficient (Wildman–Crippen LogP) is 2.33. The molecule has 0 aliphatic carbocycles. The molecule has 18 heavy (non-hydrogen) atoms. The third-order valence-electron chi connectivity index (χ3n) is 2.61. The highest BCUT2D eigenvalue weighted by molar-refractivity contribution is 5.73. The van der Waals surface area contributed by atoms with Gasteiger partial charge in [-0.1, -0.05) is 20.8 Å². The molecule has 0 saturated heterocycles. The van der Waals surface area contributed by atoms with E-state index in [1.807, 2.05) is 26.8 Å². The van der Waals surface area contributed by atoms with Gasteiger partial charge in [-0.25, -0.2) is 0 Å². The minimum Gasteiger partial charge on any atom is -0.508 e. The van der Waals surface area contributed by atoms with E-state index in [4.69, 9.17) is 10.5 Å². The number of nitrogens with two attached hydrogens (primary N) is 1. The molecule has 0 unspecified atom stereocenters. The van der Waals surface area contributed by atoms with Crippen molar-refractivity contribution >= 4 is 5.91 Å². The van der Waals surface area contributed by atoms with Crippen molar-refractivity contribution in [2.45, 2.75) is 39.0 Å². The molecule has 1 aromatic rings. The molecule has 0 fully saturated rings. The summed E-state index contributed by atoms with van der Waals surface area (Å²) in [5.74, 6) is 0.647. The number of benzene rings is 1. The van der Waals surface area contributed by atoms with E-state index < -0.39 is 0 Å². The van der Waals surface area contributed by atoms with Crippen LogP contribution in [-0.4, -0.2) is 17.6 Å². The van der Waals surface area contributed by atoms with Gasteiger partial charge in [-0.3, -0.25) is 4.79 Å². The second kappa shape index (κ2) is 5.76. The highest BCUT2D eigenvalue weighted by Gasteiger charge is 2.18. The highest BCUT2D eigenvalue weighted by atomic mass is 16.5. The van der Waals surface area contributed by atoms with Crippen LogP contribution in [0.25, 0.3) is 0 Å². The lowest BCUT2D eigenvalue weighted by Crippen LogP contribution is -2.13. The van der Waals surface area contributed by atoms with Gasteiger partial charge in [-0.2, -0.15) is 0 Å². The number of carbonyl (C=O) groups is 1. The summed E-state index contributed by atoms with van der Waals surface area (Å²) in [7, 11) is 0. The number of hydrogen-bond donors (Lipinski definition) is 2. The van der Waals surface area contributed by atoms with Crippen molar-refractivity contribution in [3.05, 3.63) is 23.8 Å². The smallest absolute Gasteiger partial charge is 0.217 e. The summed E-state index contributed by atoms with van der Waals surface area (Å²) in [4.78, 5) is 10.6. The quantitative estimate of drug-likeness (QED) is 0.789. The van der Waals surface area contributed by atoms with Gasteiger partial charge in [0, 0.05) is 12.0 Å². The molecule has 100 valence electrons. The maximum Gasteiger partial charge on any atom is 0.217 e. The largest absolute Gasteiger partial charge is 0.508 e. The first-order valence-electron chi connectivity index (χ1n) is 6.05. The molecule has 0 aliphatic heterocycles. The van der Waals surface area contributed by atoms with Crippen LogP contribution >= 0.6 is 0 Å². The second-order valence-electron chi connectivity index (χ2n) is 5.35. The lowest BCUT2D eigenvalue weighted by atomic mass is 9.86. The molecule has 0 aromatic heterocycles. The van der Waals surface area contributed by atoms with Gasteiger partial charge in [0.25, 0.3) is 0 Å². The van der Waals surface area contributed by atoms with E-state index in [1.54, 1.807) is 12.1 Å². The van der Waals surface area contributed by atoms with Crippen molar-refractivity contribution < 1.29 is 14.6 Å². The van der Waals surface area contributed by atoms with Gasteiger partial charge in [0.1, 0.15) is 11.5 Å². The number of hydrogen-bond acceptors (Lipinski definition) is 3. The molecule has 4 nitrogen and oxygen atoms in total. The summed E-state index contributed by atoms with van der Waals surface area (Å²) in [5.41, 5.74) is 5.75. The molecule has 0 bridgehead atoms. The molecule has 0 radical (unpaired) electrons. The zero-order valence-electron chi connectivity index (χ0n) is 11.2. The van der Waals surface area contributed by atoms with Crippen molar-refractivity contribution in [3.63, 3.8) is 0 Å². The van der Waals surface area contributed by atoms with E-state index in [0.717, 1.165) is 5.56 Å². The summed E-state index contributed by atoms with van der Waals surface area (Å²) >= 11 is 0. The monoisotopic (exact) mass is 251 g/mol. The molecule has 0 atom stereocenters. The lowest BCUT2D eigenvalue weighted by Gasteiger charge is -2.21. The van der Waals surface area contributed by atoms with Crippen molar-refractivity contribution in [2.24, 2.45) is 5.73 Å². The average Bonchev–Trinajstić information content (AvgIpc) is 2.24. The molecule has 1 rings (SSSR count). The van der Waals surface area contributed by atoms with Gasteiger partial charge < -0.3 is 15.6 Å². The molecule has 0 saturated carbocycles. The Morgan fingerprint density at radius 2 is 2.06 bits per heavy atom. The van der Waals surface area contributed by atoms with Crippen LogP contribution in [0.5, 0.6) is 11.5 Å². The van der Waals surface area contributed by atoms with Gasteiger partial charge >= 0.3 is 0 Å². The van der Waals surface area contributed by atoms with Crippen LogP contribution < -0.4 is 10.5 Å². The Labute approximate surface area is 108 Å². The van der Waals surface area contributed by atoms with Crippen molar-refractivity contribution in [1.29, 1.82) is 0 Å². The maximum absolute atomic E-state index is 10.6. The summed E-state index contributed by atoms with van der Waals surface area (Å²) in [6.45, 7) is 6.52. The zero-order valence-corrected chi connectivity index (χ0v) is 11.2. The van der Waals surface area contributed by atoms with Crippen LogP contribution in [0.1, 0.15) is 39.2 Å². The first-order chi connectivity index (χ1) is 8.30. The Kier molecular flexibility index (Phi) is 4.59. The Morgan fingerprint density at radius 1 is 1.39 bits per heavy atom. The van der Waals surface area contributed by atoms with Crippen LogP contribution in [0.4, 0.5) is 0 Å². The number of primary amides is 1. The van der Waals surface area contributed by atoms with Crippen molar-refractivity contribution in [3.8, 4) is 11.5 Å². The van der Waals surface area contributed by atoms with Gasteiger partial charge in [0.15, 0.2) is 0 Å². The maximum atomic E-state index is 10.6. The first kappa shape index (κ1) is 14.4. The van der Waals surface area contributed by atoms with E-state index in [1.165, 1.54) is 0 Å². The summed E-state index contributed by atoms with van der Waals surface area (Å²) < 4.78 is 5.53. The standard InChI is InChI=1S/C14H21NO3/c1-14(2,3)11-9-10(6-7-12(11)16)18-8-4-5-13(15)17/h6-7,9,16H,4-5,8H2,1-3H3,(H2,15,17). The first-order valence-corrected chi connectivity index (χ1v) is 6.05. The second-order valence-corrected chi connectivity index (χ2v) is 5.35. The molecular weight excluding hydrogens is 230 g/mol. The number of phenols is 1. The molecule has 1 aromatic carbocycles. The van der Waals surface area contributed by atoms with Crippen molar-refractivity contribution in [2.75, 3.05) is 6.61 Å². The Balaban J connectivity index is 2.65. The van der Waals surface area contributed by atoms with Crippen LogP contribution in [0.15, 0.2) is 18.2 Å². The normalized spacial score (nSPS) is 11.3. The van der Waals surface area contributed by atoms with Crippen LogP contribution in [0, 0.1) is 0 Å². The Hall–Kier alpha value is -1.71. The summed E-state index contributed by atoms with van der Waals surface area (Å²) in [6.07, 6.45) is 0.922. The lowest BCUT2D eigenvalue weighted by molar-refractivity contribution is -0.118. The predicted molar refractivity (Wildman–Crippen MR) is 70.7 cm³/mol. The molecule has 0 aliphatic rings. The van der Waals surface area contributed by atoms with E-state index in [2.05, 4.69) is 0 Å². The number of rotatable bonds is 5. The van der Waals surface area contributed by atoms with Gasteiger partial charge in [-0.15, -0.1) is 0 Å². The zero-order chi connectivity index (χ0) is 13.8. The number of carbonyl (C=O) groups excluding carboxylic acids is 1. The SMILES string of the molecule is CC(C)(C)c1cc(OCCCC(N)=O)ccc1O. The number of phenolic OH excluding ortho intramolecular Hbond substituents is 1. The van der Waals surface area contributed by atoms with Crippen LogP contribution in [0.2, 0.25) is 0 Å². The molecular formula is C14H21NO3. The molecule has 0 heterocycles. The summed E-state index contributed by atoms with van der Waals surface area (Å²) in [6, 6.07) is 5.18. The highest BCUT2D eigenvalue weighted by Crippen LogP contribution is 2.33. The Bertz CT molecular complexity index is 422. The average molecular weight is 251 g/mol. The number of aromatic hydroxyl groups is 1. The van der Waals surface area contributed by atoms with E-state index >= 15 is 0 Å². The minimum absolute atomic E-state index is 0.142. The van der Waals surface area contributed by atoms with Gasteiger partial charge in [0.05, 0.1) is 6.61 Å². The van der Waals surface area contributed by atoms with Gasteiger partial charge in [-0.05, 0) is 30.0 Å². The van der Waals surface area contributed by atoms with Crippen LogP contribution in [-0.2, 0) is 10.2 Å². The van der Waals surface area contributed by atoms with Crippen LogP contribution in [0.3, 0.4) is 0 Å². The topological polar surface area (TPSA) is 72.5 Å². The fourth-order valence-corrected chi connectivity index (χ4v) is 1.64. The van der Waals surface area contributed by atoms with E-state index in [0.29, 0.717) is 25.2 Å². The van der Waals surface area contributed by atoms with E-state index in [-0.39, 0.29) is 17.1 Å². The van der Waals surface area contributed by atoms with Crippen molar-refractivity contribution in [1.82, 2.24) is 0 Å². The molecule has 3 N–H and O–H groups in total. The minimum atomic E-state index is -0.320. The fraction of sp³-hybridized carbons (Fsp3) is 0.500.